The number of hydrogen-bond donors (Lipinski definition) is 2. The molecule has 0 spiro atoms. The molecule has 0 amide bonds. The van der Waals surface area contributed by atoms with Crippen LogP contribution in [0.15, 0.2) is 36.5 Å². The SMILES string of the molecule is Cc1cccc(CN)c1CNc1cccn2c(C)c(C)nc12. The van der Waals surface area contributed by atoms with Gasteiger partial charge in [0.05, 0.1) is 11.4 Å². The highest BCUT2D eigenvalue weighted by Crippen LogP contribution is 2.21. The van der Waals surface area contributed by atoms with Crippen molar-refractivity contribution in [2.45, 2.75) is 33.9 Å². The number of nitrogens with one attached hydrogen (secondary N) is 1. The predicted molar refractivity (Wildman–Crippen MR) is 91.1 cm³/mol. The molecule has 2 aromatic heterocycles. The molecule has 4 heteroatoms. The van der Waals surface area contributed by atoms with Crippen LogP contribution in [0.25, 0.3) is 5.65 Å². The van der Waals surface area contributed by atoms with E-state index in [0.717, 1.165) is 23.6 Å². The Morgan fingerprint density at radius 2 is 1.95 bits per heavy atom. The Labute approximate surface area is 131 Å². The zero-order chi connectivity index (χ0) is 15.7. The van der Waals surface area contributed by atoms with E-state index in [1.54, 1.807) is 0 Å². The van der Waals surface area contributed by atoms with Crippen LogP contribution in [0.3, 0.4) is 0 Å². The van der Waals surface area contributed by atoms with Crippen molar-refractivity contribution in [2.24, 2.45) is 5.73 Å². The predicted octanol–water partition coefficient (Wildman–Crippen LogP) is 3.33. The number of pyridine rings is 1. The maximum Gasteiger partial charge on any atom is 0.160 e. The summed E-state index contributed by atoms with van der Waals surface area (Å²) in [5, 5.41) is 3.52. The summed E-state index contributed by atoms with van der Waals surface area (Å²) in [7, 11) is 0. The van der Waals surface area contributed by atoms with E-state index in [9.17, 15) is 0 Å². The van der Waals surface area contributed by atoms with Crippen molar-refractivity contribution in [2.75, 3.05) is 5.32 Å². The third-order valence-electron chi connectivity index (χ3n) is 4.31. The van der Waals surface area contributed by atoms with Gasteiger partial charge in [-0.2, -0.15) is 0 Å². The molecule has 0 unspecified atom stereocenters. The van der Waals surface area contributed by atoms with Gasteiger partial charge in [-0.15, -0.1) is 0 Å². The van der Waals surface area contributed by atoms with Gasteiger partial charge in [0.25, 0.3) is 0 Å². The van der Waals surface area contributed by atoms with Crippen molar-refractivity contribution in [1.82, 2.24) is 9.38 Å². The smallest absolute Gasteiger partial charge is 0.160 e. The van der Waals surface area contributed by atoms with Crippen molar-refractivity contribution in [3.63, 3.8) is 0 Å². The number of imidazole rings is 1. The summed E-state index contributed by atoms with van der Waals surface area (Å²) in [6.07, 6.45) is 2.05. The molecule has 0 saturated carbocycles. The Morgan fingerprint density at radius 3 is 2.73 bits per heavy atom. The minimum Gasteiger partial charge on any atom is -0.378 e. The highest BCUT2D eigenvalue weighted by atomic mass is 15.0. The Hall–Kier alpha value is -2.33. The first-order valence-electron chi connectivity index (χ1n) is 7.57. The van der Waals surface area contributed by atoms with Crippen LogP contribution >= 0.6 is 0 Å². The molecule has 1 aromatic carbocycles. The van der Waals surface area contributed by atoms with Gasteiger partial charge in [-0.25, -0.2) is 4.98 Å². The number of aromatic nitrogens is 2. The first kappa shape index (κ1) is 14.6. The van der Waals surface area contributed by atoms with Crippen LogP contribution in [0.1, 0.15) is 28.1 Å². The fraction of sp³-hybridized carbons (Fsp3) is 0.278. The second-order valence-electron chi connectivity index (χ2n) is 5.67. The molecule has 114 valence electrons. The first-order chi connectivity index (χ1) is 10.6. The van der Waals surface area contributed by atoms with Crippen molar-refractivity contribution in [1.29, 1.82) is 0 Å². The second kappa shape index (κ2) is 5.81. The number of nitrogens with two attached hydrogens (primary N) is 1. The minimum atomic E-state index is 0.560. The number of aryl methyl sites for hydroxylation is 3. The fourth-order valence-corrected chi connectivity index (χ4v) is 2.83. The van der Waals surface area contributed by atoms with E-state index >= 15 is 0 Å². The molecule has 0 atom stereocenters. The monoisotopic (exact) mass is 294 g/mol. The van der Waals surface area contributed by atoms with Gasteiger partial charge in [0.2, 0.25) is 0 Å². The van der Waals surface area contributed by atoms with Crippen LogP contribution in [0.4, 0.5) is 5.69 Å². The molecule has 0 radical (unpaired) electrons. The minimum absolute atomic E-state index is 0.560. The third-order valence-corrected chi connectivity index (χ3v) is 4.31. The van der Waals surface area contributed by atoms with Crippen LogP contribution in [0, 0.1) is 20.8 Å². The number of rotatable bonds is 4. The third kappa shape index (κ3) is 2.46. The van der Waals surface area contributed by atoms with E-state index in [1.807, 2.05) is 13.0 Å². The van der Waals surface area contributed by atoms with Crippen LogP contribution in [0.5, 0.6) is 0 Å². The van der Waals surface area contributed by atoms with E-state index in [4.69, 9.17) is 5.73 Å². The lowest BCUT2D eigenvalue weighted by Gasteiger charge is -2.13. The number of benzene rings is 1. The molecule has 0 aliphatic rings. The summed E-state index contributed by atoms with van der Waals surface area (Å²) in [5.41, 5.74) is 13.8. The van der Waals surface area contributed by atoms with Gasteiger partial charge < -0.3 is 15.5 Å². The average molecular weight is 294 g/mol. The Bertz CT molecular complexity index is 817. The zero-order valence-electron chi connectivity index (χ0n) is 13.4. The van der Waals surface area contributed by atoms with Crippen LogP contribution < -0.4 is 11.1 Å². The van der Waals surface area contributed by atoms with E-state index in [2.05, 4.69) is 59.0 Å². The summed E-state index contributed by atoms with van der Waals surface area (Å²) in [6.45, 7) is 7.57. The van der Waals surface area contributed by atoms with Crippen LogP contribution in [0.2, 0.25) is 0 Å². The summed E-state index contributed by atoms with van der Waals surface area (Å²) in [4.78, 5) is 4.67. The lowest BCUT2D eigenvalue weighted by Crippen LogP contribution is -2.09. The lowest BCUT2D eigenvalue weighted by atomic mass is 10.0. The molecule has 0 aliphatic carbocycles. The Kier molecular flexibility index (Phi) is 3.86. The number of hydrogen-bond acceptors (Lipinski definition) is 3. The van der Waals surface area contributed by atoms with Gasteiger partial charge in [-0.05, 0) is 49.6 Å². The van der Waals surface area contributed by atoms with Crippen LogP contribution in [-0.2, 0) is 13.1 Å². The highest BCUT2D eigenvalue weighted by molar-refractivity contribution is 5.68. The Morgan fingerprint density at radius 1 is 1.14 bits per heavy atom. The topological polar surface area (TPSA) is 55.3 Å². The molecule has 22 heavy (non-hydrogen) atoms. The normalized spacial score (nSPS) is 11.1. The molecular formula is C18H22N4. The van der Waals surface area contributed by atoms with E-state index in [0.29, 0.717) is 6.54 Å². The zero-order valence-corrected chi connectivity index (χ0v) is 13.4. The summed E-state index contributed by atoms with van der Waals surface area (Å²) in [5.74, 6) is 0. The van der Waals surface area contributed by atoms with Crippen molar-refractivity contribution in [3.8, 4) is 0 Å². The summed E-state index contributed by atoms with van der Waals surface area (Å²) >= 11 is 0. The van der Waals surface area contributed by atoms with Gasteiger partial charge in [-0.3, -0.25) is 0 Å². The van der Waals surface area contributed by atoms with Gasteiger partial charge in [-0.1, -0.05) is 18.2 Å². The Balaban J connectivity index is 1.94. The van der Waals surface area contributed by atoms with E-state index in [1.165, 1.54) is 22.4 Å². The lowest BCUT2D eigenvalue weighted by molar-refractivity contribution is 0.993. The fourth-order valence-electron chi connectivity index (χ4n) is 2.83. The molecule has 2 heterocycles. The number of fused-ring (bicyclic) bond motifs is 1. The maximum atomic E-state index is 5.86. The van der Waals surface area contributed by atoms with Crippen LogP contribution in [-0.4, -0.2) is 9.38 Å². The van der Waals surface area contributed by atoms with Crippen molar-refractivity contribution < 1.29 is 0 Å². The largest absolute Gasteiger partial charge is 0.378 e. The van der Waals surface area contributed by atoms with Gasteiger partial charge in [0, 0.05) is 25.0 Å². The molecule has 0 fully saturated rings. The van der Waals surface area contributed by atoms with Gasteiger partial charge in [0.1, 0.15) is 0 Å². The molecule has 3 rings (SSSR count). The second-order valence-corrected chi connectivity index (χ2v) is 5.67. The van der Waals surface area contributed by atoms with E-state index in [-0.39, 0.29) is 0 Å². The summed E-state index contributed by atoms with van der Waals surface area (Å²) in [6, 6.07) is 10.4. The number of anilines is 1. The molecule has 0 bridgehead atoms. The molecule has 0 saturated heterocycles. The molecule has 0 aliphatic heterocycles. The molecule has 3 aromatic rings. The first-order valence-corrected chi connectivity index (χ1v) is 7.57. The molecule has 3 N–H and O–H groups in total. The van der Waals surface area contributed by atoms with Crippen molar-refractivity contribution in [3.05, 3.63) is 64.6 Å². The van der Waals surface area contributed by atoms with Gasteiger partial charge >= 0.3 is 0 Å². The highest BCUT2D eigenvalue weighted by Gasteiger charge is 2.09. The number of nitrogens with zero attached hydrogens (tertiary/aromatic N) is 2. The standard InChI is InChI=1S/C18H22N4/c1-12-6-4-7-15(10-19)16(12)11-20-17-8-5-9-22-14(3)13(2)21-18(17)22/h4-9,20H,10-11,19H2,1-3H3. The van der Waals surface area contributed by atoms with E-state index < -0.39 is 0 Å². The van der Waals surface area contributed by atoms with Crippen molar-refractivity contribution >= 4 is 11.3 Å². The van der Waals surface area contributed by atoms with Gasteiger partial charge in [0.15, 0.2) is 5.65 Å². The molecule has 4 nitrogen and oxygen atoms in total. The average Bonchev–Trinajstić information content (AvgIpc) is 2.82. The maximum absolute atomic E-state index is 5.86. The summed E-state index contributed by atoms with van der Waals surface area (Å²) < 4.78 is 2.12. The quantitative estimate of drug-likeness (QED) is 0.776. The molecular weight excluding hydrogens is 272 g/mol.